The van der Waals surface area contributed by atoms with Gasteiger partial charge in [0.05, 0.1) is 11.0 Å². The largest absolute Gasteiger partial charge is 0.491 e. The molecule has 27 heavy (non-hydrogen) atoms. The Labute approximate surface area is 159 Å². The van der Waals surface area contributed by atoms with Crippen LogP contribution in [0.3, 0.4) is 0 Å². The summed E-state index contributed by atoms with van der Waals surface area (Å²) in [6, 6.07) is 14.8. The third-order valence-corrected chi connectivity index (χ3v) is 4.85. The summed E-state index contributed by atoms with van der Waals surface area (Å²) in [6.45, 7) is 2.19. The summed E-state index contributed by atoms with van der Waals surface area (Å²) in [5, 5.41) is 20.4. The van der Waals surface area contributed by atoms with Gasteiger partial charge in [-0.05, 0) is 36.8 Å². The van der Waals surface area contributed by atoms with Gasteiger partial charge in [0.1, 0.15) is 18.5 Å². The summed E-state index contributed by atoms with van der Waals surface area (Å²) in [5.74, 6) is 0.630. The third kappa shape index (κ3) is 6.84. The van der Waals surface area contributed by atoms with E-state index < -0.39 is 22.3 Å². The Morgan fingerprint density at radius 1 is 1.00 bits per heavy atom. The molecule has 3 N–H and O–H groups in total. The zero-order valence-corrected chi connectivity index (χ0v) is 15.9. The number of aliphatic hydroxyl groups excluding tert-OH is 2. The number of anilines is 1. The van der Waals surface area contributed by atoms with Crippen molar-refractivity contribution in [2.75, 3.05) is 24.6 Å². The first-order valence-electron chi connectivity index (χ1n) is 8.66. The average Bonchev–Trinajstić information content (AvgIpc) is 2.66. The van der Waals surface area contributed by atoms with E-state index >= 15 is 0 Å². The monoisotopic (exact) mass is 395 g/mol. The molecule has 0 spiro atoms. The first kappa shape index (κ1) is 21.2. The van der Waals surface area contributed by atoms with Crippen molar-refractivity contribution in [3.63, 3.8) is 0 Å². The lowest BCUT2D eigenvalue weighted by Gasteiger charge is -2.29. The number of ether oxygens (including phenoxy) is 1. The van der Waals surface area contributed by atoms with Crippen molar-refractivity contribution >= 4 is 15.8 Å². The van der Waals surface area contributed by atoms with Gasteiger partial charge in [-0.25, -0.2) is 0 Å². The molecular weight excluding hydrogens is 370 g/mol. The first-order valence-corrected chi connectivity index (χ1v) is 10.1. The summed E-state index contributed by atoms with van der Waals surface area (Å²) >= 11 is 0. The van der Waals surface area contributed by atoms with Gasteiger partial charge < -0.3 is 19.8 Å². The van der Waals surface area contributed by atoms with E-state index in [2.05, 4.69) is 0 Å². The molecule has 2 unspecified atom stereocenters. The van der Waals surface area contributed by atoms with Crippen LogP contribution < -0.4 is 9.64 Å². The van der Waals surface area contributed by atoms with Crippen LogP contribution in [0.2, 0.25) is 0 Å². The minimum atomic E-state index is -4.34. The maximum absolute atomic E-state index is 11.4. The summed E-state index contributed by atoms with van der Waals surface area (Å²) in [7, 11) is -4.34. The van der Waals surface area contributed by atoms with Crippen LogP contribution in [0.15, 0.2) is 59.5 Å². The lowest BCUT2D eigenvalue weighted by molar-refractivity contribution is 0.107. The molecule has 0 aromatic heterocycles. The highest BCUT2D eigenvalue weighted by Crippen LogP contribution is 2.21. The second kappa shape index (κ2) is 9.70. The van der Waals surface area contributed by atoms with E-state index in [1.54, 1.807) is 23.1 Å². The van der Waals surface area contributed by atoms with E-state index in [0.717, 1.165) is 0 Å². The summed E-state index contributed by atoms with van der Waals surface area (Å²) in [4.78, 5) is 1.42. The molecule has 0 amide bonds. The summed E-state index contributed by atoms with van der Waals surface area (Å²) in [6.07, 6.45) is -1.02. The van der Waals surface area contributed by atoms with Crippen LogP contribution in [0.4, 0.5) is 5.69 Å². The minimum absolute atomic E-state index is 0.0424. The molecule has 2 atom stereocenters. The molecule has 0 radical (unpaired) electrons. The van der Waals surface area contributed by atoms with Crippen molar-refractivity contribution in [2.45, 2.75) is 30.4 Å². The lowest BCUT2D eigenvalue weighted by atomic mass is 10.2. The van der Waals surface area contributed by atoms with E-state index in [-0.39, 0.29) is 24.6 Å². The smallest absolute Gasteiger partial charge is 0.294 e. The van der Waals surface area contributed by atoms with Gasteiger partial charge in [-0.15, -0.1) is 0 Å². The Morgan fingerprint density at radius 3 is 2.30 bits per heavy atom. The van der Waals surface area contributed by atoms with Crippen LogP contribution in [0.1, 0.15) is 13.3 Å². The molecule has 148 valence electrons. The molecular formula is C19H25NO6S. The number of hydrogen-bond acceptors (Lipinski definition) is 6. The molecule has 2 aromatic rings. The Kier molecular flexibility index (Phi) is 7.61. The van der Waals surface area contributed by atoms with Crippen LogP contribution in [0.5, 0.6) is 5.75 Å². The Bertz CT molecular complexity index is 812. The molecule has 0 aliphatic heterocycles. The maximum atomic E-state index is 11.4. The fourth-order valence-corrected chi connectivity index (χ4v) is 3.05. The van der Waals surface area contributed by atoms with Crippen molar-refractivity contribution < 1.29 is 27.9 Å². The summed E-state index contributed by atoms with van der Waals surface area (Å²) in [5.41, 5.74) is 0.469. The van der Waals surface area contributed by atoms with Gasteiger partial charge >= 0.3 is 0 Å². The van der Waals surface area contributed by atoms with Gasteiger partial charge in [0.25, 0.3) is 10.1 Å². The number of para-hydroxylation sites is 1. The molecule has 2 rings (SSSR count). The lowest BCUT2D eigenvalue weighted by Crippen LogP contribution is -2.40. The zero-order valence-electron chi connectivity index (χ0n) is 15.1. The minimum Gasteiger partial charge on any atom is -0.491 e. The Balaban J connectivity index is 2.12. The predicted octanol–water partition coefficient (Wildman–Crippen LogP) is 1.95. The Hall–Kier alpha value is -2.13. The number of aliphatic hydroxyl groups is 2. The molecule has 8 heteroatoms. The third-order valence-electron chi connectivity index (χ3n) is 4.00. The van der Waals surface area contributed by atoms with Crippen molar-refractivity contribution in [3.05, 3.63) is 54.6 Å². The number of benzene rings is 2. The molecule has 7 nitrogen and oxygen atoms in total. The standard InChI is InChI=1S/C19H25NO6S/c1-2-16(21)12-20(15-7-6-10-19(11-15)27(23,24)25)13-17(22)14-26-18-8-4-3-5-9-18/h3-11,16-17,21-22H,2,12-14H2,1H3,(H,23,24,25). The topological polar surface area (TPSA) is 107 Å². The summed E-state index contributed by atoms with van der Waals surface area (Å²) < 4.78 is 37.6. The fourth-order valence-electron chi connectivity index (χ4n) is 2.53. The van der Waals surface area contributed by atoms with Crippen molar-refractivity contribution in [1.29, 1.82) is 0 Å². The van der Waals surface area contributed by atoms with Gasteiger partial charge in [0, 0.05) is 18.8 Å². The van der Waals surface area contributed by atoms with Crippen LogP contribution in [-0.4, -0.2) is 55.1 Å². The van der Waals surface area contributed by atoms with Crippen LogP contribution in [-0.2, 0) is 10.1 Å². The first-order chi connectivity index (χ1) is 12.8. The fraction of sp³-hybridized carbons (Fsp3) is 0.368. The highest BCUT2D eigenvalue weighted by atomic mass is 32.2. The predicted molar refractivity (Wildman–Crippen MR) is 103 cm³/mol. The molecule has 0 aliphatic rings. The van der Waals surface area contributed by atoms with Crippen molar-refractivity contribution in [1.82, 2.24) is 0 Å². The molecule has 0 heterocycles. The normalized spacial score (nSPS) is 13.8. The zero-order chi connectivity index (χ0) is 19.9. The van der Waals surface area contributed by atoms with E-state index in [9.17, 15) is 23.2 Å². The molecule has 0 fully saturated rings. The van der Waals surface area contributed by atoms with Gasteiger partial charge in [-0.2, -0.15) is 8.42 Å². The van der Waals surface area contributed by atoms with Gasteiger partial charge in [0.2, 0.25) is 0 Å². The number of hydrogen-bond donors (Lipinski definition) is 3. The van der Waals surface area contributed by atoms with Crippen molar-refractivity contribution in [2.24, 2.45) is 0 Å². The maximum Gasteiger partial charge on any atom is 0.294 e. The van der Waals surface area contributed by atoms with Gasteiger partial charge in [0.15, 0.2) is 0 Å². The molecule has 2 aromatic carbocycles. The second-order valence-corrected chi connectivity index (χ2v) is 7.64. The SMILES string of the molecule is CCC(O)CN(CC(O)COc1ccccc1)c1cccc(S(=O)(=O)O)c1. The number of rotatable bonds is 10. The second-order valence-electron chi connectivity index (χ2n) is 6.22. The van der Waals surface area contributed by atoms with E-state index in [4.69, 9.17) is 4.74 Å². The van der Waals surface area contributed by atoms with E-state index in [1.807, 2.05) is 25.1 Å². The number of nitrogens with zero attached hydrogens (tertiary/aromatic N) is 1. The average molecular weight is 395 g/mol. The van der Waals surface area contributed by atoms with Crippen LogP contribution in [0, 0.1) is 0 Å². The van der Waals surface area contributed by atoms with E-state index in [0.29, 0.717) is 17.9 Å². The molecule has 0 saturated carbocycles. The van der Waals surface area contributed by atoms with Crippen molar-refractivity contribution in [3.8, 4) is 5.75 Å². The molecule has 0 bridgehead atoms. The van der Waals surface area contributed by atoms with E-state index in [1.165, 1.54) is 18.2 Å². The molecule has 0 aliphatic carbocycles. The quantitative estimate of drug-likeness (QED) is 0.528. The van der Waals surface area contributed by atoms with Gasteiger partial charge in [-0.3, -0.25) is 4.55 Å². The highest BCUT2D eigenvalue weighted by Gasteiger charge is 2.18. The van der Waals surface area contributed by atoms with Crippen LogP contribution >= 0.6 is 0 Å². The Morgan fingerprint density at radius 2 is 1.67 bits per heavy atom. The van der Waals surface area contributed by atoms with Gasteiger partial charge in [-0.1, -0.05) is 31.2 Å². The molecule has 0 saturated heterocycles. The highest BCUT2D eigenvalue weighted by molar-refractivity contribution is 7.85. The van der Waals surface area contributed by atoms with Crippen LogP contribution in [0.25, 0.3) is 0 Å².